The van der Waals surface area contributed by atoms with Crippen LogP contribution in [0.3, 0.4) is 0 Å². The summed E-state index contributed by atoms with van der Waals surface area (Å²) in [6.45, 7) is 9.95. The summed E-state index contributed by atoms with van der Waals surface area (Å²) in [7, 11) is 0. The van der Waals surface area contributed by atoms with Gasteiger partial charge in [-0.3, -0.25) is 4.79 Å². The summed E-state index contributed by atoms with van der Waals surface area (Å²) in [6, 6.07) is 0. The Morgan fingerprint density at radius 1 is 1.41 bits per heavy atom. The summed E-state index contributed by atoms with van der Waals surface area (Å²) in [6.07, 6.45) is 4.63. The van der Waals surface area contributed by atoms with Crippen molar-refractivity contribution in [2.24, 2.45) is 22.5 Å². The highest BCUT2D eigenvalue weighted by Gasteiger charge is 2.33. The van der Waals surface area contributed by atoms with Crippen molar-refractivity contribution in [3.63, 3.8) is 0 Å². The molecule has 1 fully saturated rings. The molecule has 0 radical (unpaired) electrons. The lowest BCUT2D eigenvalue weighted by Crippen LogP contribution is -2.44. The van der Waals surface area contributed by atoms with Gasteiger partial charge in [0.2, 0.25) is 5.91 Å². The van der Waals surface area contributed by atoms with Gasteiger partial charge in [-0.15, -0.1) is 0 Å². The van der Waals surface area contributed by atoms with Crippen molar-refractivity contribution in [1.82, 2.24) is 5.32 Å². The second-order valence-electron chi connectivity index (χ2n) is 7.08. The third-order valence-electron chi connectivity index (χ3n) is 3.76. The average molecular weight is 240 g/mol. The Morgan fingerprint density at radius 3 is 2.35 bits per heavy atom. The zero-order valence-electron chi connectivity index (χ0n) is 11.8. The highest BCUT2D eigenvalue weighted by molar-refractivity contribution is 5.78. The van der Waals surface area contributed by atoms with Gasteiger partial charge in [-0.05, 0) is 30.1 Å². The second kappa shape index (κ2) is 5.38. The number of carbonyl (C=O) groups is 1. The van der Waals surface area contributed by atoms with Gasteiger partial charge in [0.1, 0.15) is 0 Å². The van der Waals surface area contributed by atoms with E-state index in [4.69, 9.17) is 5.73 Å². The second-order valence-corrected chi connectivity index (χ2v) is 7.08. The molecular weight excluding hydrogens is 212 g/mol. The molecule has 1 aliphatic rings. The molecule has 1 aliphatic carbocycles. The minimum Gasteiger partial charge on any atom is -0.355 e. The van der Waals surface area contributed by atoms with Crippen LogP contribution in [0.15, 0.2) is 0 Å². The lowest BCUT2D eigenvalue weighted by atomic mass is 9.70. The molecule has 100 valence electrons. The predicted molar refractivity (Wildman–Crippen MR) is 71.6 cm³/mol. The van der Waals surface area contributed by atoms with Gasteiger partial charge in [0.05, 0.1) is 5.92 Å². The number of rotatable bonds is 5. The molecule has 1 atom stereocenters. The third-order valence-corrected chi connectivity index (χ3v) is 3.76. The summed E-state index contributed by atoms with van der Waals surface area (Å²) < 4.78 is 0. The molecule has 1 unspecified atom stereocenters. The quantitative estimate of drug-likeness (QED) is 0.774. The SMILES string of the molecule is CC(C)(C)CC(CN)C(=O)NCC1(C)CCC1. The van der Waals surface area contributed by atoms with Gasteiger partial charge < -0.3 is 11.1 Å². The van der Waals surface area contributed by atoms with E-state index >= 15 is 0 Å². The van der Waals surface area contributed by atoms with Crippen molar-refractivity contribution >= 4 is 5.91 Å². The van der Waals surface area contributed by atoms with Gasteiger partial charge in [-0.1, -0.05) is 34.1 Å². The first-order chi connectivity index (χ1) is 7.76. The summed E-state index contributed by atoms with van der Waals surface area (Å²) in [5.41, 5.74) is 6.20. The van der Waals surface area contributed by atoms with E-state index in [1.165, 1.54) is 19.3 Å². The fourth-order valence-electron chi connectivity index (χ4n) is 2.42. The molecule has 3 heteroatoms. The number of carbonyl (C=O) groups excluding carboxylic acids is 1. The lowest BCUT2D eigenvalue weighted by molar-refractivity contribution is -0.126. The molecule has 0 aromatic heterocycles. The van der Waals surface area contributed by atoms with Crippen LogP contribution in [0.2, 0.25) is 0 Å². The molecule has 0 aromatic rings. The average Bonchev–Trinajstić information content (AvgIpc) is 2.18. The normalized spacial score (nSPS) is 20.5. The molecule has 0 spiro atoms. The number of hydrogen-bond acceptors (Lipinski definition) is 2. The van der Waals surface area contributed by atoms with Crippen LogP contribution in [0, 0.1) is 16.7 Å². The van der Waals surface area contributed by atoms with Crippen molar-refractivity contribution in [1.29, 1.82) is 0 Å². The summed E-state index contributed by atoms with van der Waals surface area (Å²) in [5.74, 6) is 0.0919. The van der Waals surface area contributed by atoms with Crippen LogP contribution in [0.5, 0.6) is 0 Å². The Labute approximate surface area is 106 Å². The molecule has 1 amide bonds. The number of nitrogens with one attached hydrogen (secondary N) is 1. The molecule has 0 saturated heterocycles. The van der Waals surface area contributed by atoms with Gasteiger partial charge in [0.15, 0.2) is 0 Å². The van der Waals surface area contributed by atoms with Crippen molar-refractivity contribution in [3.05, 3.63) is 0 Å². The smallest absolute Gasteiger partial charge is 0.224 e. The van der Waals surface area contributed by atoms with E-state index in [0.29, 0.717) is 12.0 Å². The largest absolute Gasteiger partial charge is 0.355 e. The van der Waals surface area contributed by atoms with E-state index in [9.17, 15) is 4.79 Å². The zero-order chi connectivity index (χ0) is 13.1. The molecule has 3 nitrogen and oxygen atoms in total. The monoisotopic (exact) mass is 240 g/mol. The predicted octanol–water partition coefficient (Wildman–Crippen LogP) is 2.30. The molecule has 1 saturated carbocycles. The van der Waals surface area contributed by atoms with Crippen LogP contribution in [-0.2, 0) is 4.79 Å². The number of nitrogens with two attached hydrogens (primary N) is 1. The fraction of sp³-hybridized carbons (Fsp3) is 0.929. The van der Waals surface area contributed by atoms with E-state index in [1.54, 1.807) is 0 Å². The van der Waals surface area contributed by atoms with Crippen molar-refractivity contribution in [3.8, 4) is 0 Å². The Morgan fingerprint density at radius 2 is 2.00 bits per heavy atom. The lowest BCUT2D eigenvalue weighted by Gasteiger charge is -2.38. The van der Waals surface area contributed by atoms with Gasteiger partial charge in [0, 0.05) is 13.1 Å². The molecule has 3 N–H and O–H groups in total. The molecular formula is C14H28N2O. The third kappa shape index (κ3) is 4.66. The van der Waals surface area contributed by atoms with Crippen LogP contribution in [0.4, 0.5) is 0 Å². The highest BCUT2D eigenvalue weighted by atomic mass is 16.1. The molecule has 0 aromatic carbocycles. The van der Waals surface area contributed by atoms with E-state index in [0.717, 1.165) is 13.0 Å². The van der Waals surface area contributed by atoms with Crippen molar-refractivity contribution in [2.75, 3.05) is 13.1 Å². The summed E-state index contributed by atoms with van der Waals surface area (Å²) in [5, 5.41) is 3.08. The van der Waals surface area contributed by atoms with E-state index in [1.807, 2.05) is 0 Å². The number of hydrogen-bond donors (Lipinski definition) is 2. The maximum Gasteiger partial charge on any atom is 0.224 e. The molecule has 17 heavy (non-hydrogen) atoms. The van der Waals surface area contributed by atoms with Crippen molar-refractivity contribution < 1.29 is 4.79 Å². The van der Waals surface area contributed by atoms with Gasteiger partial charge in [-0.2, -0.15) is 0 Å². The maximum atomic E-state index is 12.0. The maximum absolute atomic E-state index is 12.0. The minimum absolute atomic E-state index is 0.0429. The Bertz CT molecular complexity index is 264. The minimum atomic E-state index is -0.0429. The van der Waals surface area contributed by atoms with Crippen LogP contribution in [0.25, 0.3) is 0 Å². The molecule has 0 bridgehead atoms. The van der Waals surface area contributed by atoms with Crippen LogP contribution < -0.4 is 11.1 Å². The van der Waals surface area contributed by atoms with Gasteiger partial charge in [0.25, 0.3) is 0 Å². The van der Waals surface area contributed by atoms with Gasteiger partial charge in [-0.25, -0.2) is 0 Å². The number of amides is 1. The van der Waals surface area contributed by atoms with Crippen molar-refractivity contribution in [2.45, 2.75) is 53.4 Å². The Hall–Kier alpha value is -0.570. The highest BCUT2D eigenvalue weighted by Crippen LogP contribution is 2.39. The first-order valence-corrected chi connectivity index (χ1v) is 6.74. The van der Waals surface area contributed by atoms with E-state index in [-0.39, 0.29) is 17.2 Å². The Balaban J connectivity index is 2.38. The first-order valence-electron chi connectivity index (χ1n) is 6.74. The van der Waals surface area contributed by atoms with Crippen LogP contribution >= 0.6 is 0 Å². The Kier molecular flexibility index (Phi) is 4.59. The molecule has 0 heterocycles. The fourth-order valence-corrected chi connectivity index (χ4v) is 2.42. The molecule has 1 rings (SSSR count). The first kappa shape index (κ1) is 14.5. The summed E-state index contributed by atoms with van der Waals surface area (Å²) in [4.78, 5) is 12.0. The van der Waals surface area contributed by atoms with Crippen LogP contribution in [-0.4, -0.2) is 19.0 Å². The van der Waals surface area contributed by atoms with Crippen LogP contribution in [0.1, 0.15) is 53.4 Å². The standard InChI is InChI=1S/C14H28N2O/c1-13(2,3)8-11(9-15)12(17)16-10-14(4)6-5-7-14/h11H,5-10,15H2,1-4H3,(H,16,17). The zero-order valence-corrected chi connectivity index (χ0v) is 11.8. The molecule has 0 aliphatic heterocycles. The van der Waals surface area contributed by atoms with E-state index in [2.05, 4.69) is 33.0 Å². The van der Waals surface area contributed by atoms with E-state index < -0.39 is 0 Å². The topological polar surface area (TPSA) is 55.1 Å². The summed E-state index contributed by atoms with van der Waals surface area (Å²) >= 11 is 0. The van der Waals surface area contributed by atoms with Gasteiger partial charge >= 0.3 is 0 Å².